The van der Waals surface area contributed by atoms with Crippen LogP contribution in [0.5, 0.6) is 0 Å². The van der Waals surface area contributed by atoms with Crippen LogP contribution in [0.4, 0.5) is 4.79 Å². The molecule has 2 heterocycles. The standard InChI is InChI=1S/C17H20N2O3/c20-16-15-14(12-8-4-5-9-13(12)22-15)18-17(21)19(16)10-11-6-2-1-3-7-11/h1-3,6-7,12-15H,4-5,8-10H2,(H,18,21). The Balaban J connectivity index is 1.55. The third-order valence-corrected chi connectivity index (χ3v) is 5.09. The molecule has 22 heavy (non-hydrogen) atoms. The fraction of sp³-hybridized carbons (Fsp3) is 0.529. The third kappa shape index (κ3) is 2.20. The summed E-state index contributed by atoms with van der Waals surface area (Å²) in [5, 5.41) is 3.02. The number of imide groups is 1. The molecular formula is C17H20N2O3. The van der Waals surface area contributed by atoms with Gasteiger partial charge in [0.25, 0.3) is 5.91 Å². The van der Waals surface area contributed by atoms with Crippen molar-refractivity contribution in [1.82, 2.24) is 10.2 Å². The lowest BCUT2D eigenvalue weighted by Gasteiger charge is -2.35. The molecular weight excluding hydrogens is 280 g/mol. The molecule has 3 amide bonds. The van der Waals surface area contributed by atoms with Gasteiger partial charge in [-0.15, -0.1) is 0 Å². The van der Waals surface area contributed by atoms with E-state index in [9.17, 15) is 9.59 Å². The van der Waals surface area contributed by atoms with Crippen molar-refractivity contribution in [2.24, 2.45) is 5.92 Å². The molecule has 1 saturated carbocycles. The van der Waals surface area contributed by atoms with E-state index in [1.54, 1.807) is 0 Å². The second kappa shape index (κ2) is 5.39. The monoisotopic (exact) mass is 300 g/mol. The van der Waals surface area contributed by atoms with Gasteiger partial charge in [0.15, 0.2) is 6.10 Å². The molecule has 0 bridgehead atoms. The fourth-order valence-electron chi connectivity index (χ4n) is 3.99. The van der Waals surface area contributed by atoms with Crippen LogP contribution in [-0.2, 0) is 16.1 Å². The number of benzene rings is 1. The van der Waals surface area contributed by atoms with Crippen LogP contribution in [0.2, 0.25) is 0 Å². The lowest BCUT2D eigenvalue weighted by atomic mass is 9.81. The van der Waals surface area contributed by atoms with Crippen molar-refractivity contribution in [1.29, 1.82) is 0 Å². The van der Waals surface area contributed by atoms with Crippen molar-refractivity contribution >= 4 is 11.9 Å². The summed E-state index contributed by atoms with van der Waals surface area (Å²) in [4.78, 5) is 26.4. The maximum Gasteiger partial charge on any atom is 0.324 e. The highest BCUT2D eigenvalue weighted by molar-refractivity contribution is 6.00. The molecule has 2 aliphatic heterocycles. The van der Waals surface area contributed by atoms with E-state index in [-0.39, 0.29) is 24.1 Å². The maximum absolute atomic E-state index is 12.7. The number of amides is 3. The molecule has 5 nitrogen and oxygen atoms in total. The maximum atomic E-state index is 12.7. The van der Waals surface area contributed by atoms with Gasteiger partial charge in [-0.25, -0.2) is 4.79 Å². The van der Waals surface area contributed by atoms with Gasteiger partial charge in [0, 0.05) is 5.92 Å². The number of nitrogens with one attached hydrogen (secondary N) is 1. The highest BCUT2D eigenvalue weighted by Gasteiger charge is 2.53. The molecule has 4 rings (SSSR count). The quantitative estimate of drug-likeness (QED) is 0.909. The molecule has 1 aliphatic carbocycles. The highest BCUT2D eigenvalue weighted by atomic mass is 16.5. The van der Waals surface area contributed by atoms with Gasteiger partial charge in [-0.1, -0.05) is 43.2 Å². The normalized spacial score (nSPS) is 34.1. The van der Waals surface area contributed by atoms with Gasteiger partial charge in [-0.3, -0.25) is 9.69 Å². The second-order valence-corrected chi connectivity index (χ2v) is 6.43. The van der Waals surface area contributed by atoms with Crippen molar-refractivity contribution in [3.63, 3.8) is 0 Å². The fourth-order valence-corrected chi connectivity index (χ4v) is 3.99. The van der Waals surface area contributed by atoms with Crippen LogP contribution in [0.15, 0.2) is 30.3 Å². The number of hydrogen-bond acceptors (Lipinski definition) is 3. The molecule has 0 radical (unpaired) electrons. The Morgan fingerprint density at radius 3 is 2.73 bits per heavy atom. The molecule has 4 unspecified atom stereocenters. The second-order valence-electron chi connectivity index (χ2n) is 6.43. The van der Waals surface area contributed by atoms with E-state index in [0.29, 0.717) is 12.5 Å². The first-order valence-corrected chi connectivity index (χ1v) is 8.05. The lowest BCUT2D eigenvalue weighted by molar-refractivity contribution is -0.143. The molecule has 4 atom stereocenters. The number of urea groups is 1. The van der Waals surface area contributed by atoms with Crippen LogP contribution in [0.25, 0.3) is 0 Å². The smallest absolute Gasteiger partial charge is 0.324 e. The molecule has 3 fully saturated rings. The van der Waals surface area contributed by atoms with E-state index in [4.69, 9.17) is 4.74 Å². The SMILES string of the molecule is O=C1NC2C(OC3CCCCC32)C(=O)N1Cc1ccccc1. The van der Waals surface area contributed by atoms with Gasteiger partial charge in [-0.2, -0.15) is 0 Å². The Kier molecular flexibility index (Phi) is 3.37. The number of carbonyl (C=O) groups excluding carboxylic acids is 2. The predicted molar refractivity (Wildman–Crippen MR) is 79.9 cm³/mol. The third-order valence-electron chi connectivity index (χ3n) is 5.09. The number of nitrogens with zero attached hydrogens (tertiary/aromatic N) is 1. The number of ether oxygens (including phenoxy) is 1. The van der Waals surface area contributed by atoms with Crippen LogP contribution in [0, 0.1) is 5.92 Å². The number of hydrogen-bond donors (Lipinski definition) is 1. The van der Waals surface area contributed by atoms with Crippen molar-refractivity contribution in [2.75, 3.05) is 0 Å². The summed E-state index contributed by atoms with van der Waals surface area (Å²) in [6, 6.07) is 9.14. The number of fused-ring (bicyclic) bond motifs is 3. The van der Waals surface area contributed by atoms with Gasteiger partial charge in [-0.05, 0) is 18.4 Å². The Hall–Kier alpha value is -1.88. The molecule has 1 aromatic rings. The molecule has 3 aliphatic rings. The number of rotatable bonds is 2. The molecule has 0 aromatic heterocycles. The molecule has 5 heteroatoms. The van der Waals surface area contributed by atoms with E-state index in [1.165, 1.54) is 4.90 Å². The van der Waals surface area contributed by atoms with Gasteiger partial charge in [0.1, 0.15) is 0 Å². The van der Waals surface area contributed by atoms with E-state index >= 15 is 0 Å². The van der Waals surface area contributed by atoms with Crippen LogP contribution < -0.4 is 5.32 Å². The molecule has 0 spiro atoms. The van der Waals surface area contributed by atoms with E-state index in [0.717, 1.165) is 31.2 Å². The lowest BCUT2D eigenvalue weighted by Crippen LogP contribution is -2.62. The van der Waals surface area contributed by atoms with E-state index in [1.807, 2.05) is 30.3 Å². The van der Waals surface area contributed by atoms with Crippen LogP contribution in [0.1, 0.15) is 31.2 Å². The number of carbonyl (C=O) groups is 2. The zero-order chi connectivity index (χ0) is 15.1. The highest BCUT2D eigenvalue weighted by Crippen LogP contribution is 2.39. The summed E-state index contributed by atoms with van der Waals surface area (Å²) < 4.78 is 5.99. The van der Waals surface area contributed by atoms with Crippen molar-refractivity contribution in [2.45, 2.75) is 50.5 Å². The van der Waals surface area contributed by atoms with Gasteiger partial charge < -0.3 is 10.1 Å². The first kappa shape index (κ1) is 13.8. The van der Waals surface area contributed by atoms with Crippen molar-refractivity contribution in [3.8, 4) is 0 Å². The Labute approximate surface area is 129 Å². The predicted octanol–water partition coefficient (Wildman–Crippen LogP) is 2.06. The van der Waals surface area contributed by atoms with E-state index in [2.05, 4.69) is 5.32 Å². The van der Waals surface area contributed by atoms with Crippen LogP contribution in [-0.4, -0.2) is 35.1 Å². The minimum absolute atomic E-state index is 0.129. The molecule has 2 saturated heterocycles. The summed E-state index contributed by atoms with van der Waals surface area (Å²) in [5.74, 6) is 0.109. The van der Waals surface area contributed by atoms with Crippen LogP contribution >= 0.6 is 0 Å². The summed E-state index contributed by atoms with van der Waals surface area (Å²) in [5.41, 5.74) is 0.944. The molecule has 116 valence electrons. The average molecular weight is 300 g/mol. The van der Waals surface area contributed by atoms with Crippen molar-refractivity contribution in [3.05, 3.63) is 35.9 Å². The topological polar surface area (TPSA) is 58.6 Å². The Bertz CT molecular complexity index is 589. The summed E-state index contributed by atoms with van der Waals surface area (Å²) in [6.45, 7) is 0.299. The Morgan fingerprint density at radius 2 is 1.91 bits per heavy atom. The Morgan fingerprint density at radius 1 is 1.14 bits per heavy atom. The first-order valence-electron chi connectivity index (χ1n) is 8.05. The summed E-state index contributed by atoms with van der Waals surface area (Å²) >= 11 is 0. The van der Waals surface area contributed by atoms with Crippen LogP contribution in [0.3, 0.4) is 0 Å². The van der Waals surface area contributed by atoms with Gasteiger partial charge in [0.2, 0.25) is 0 Å². The van der Waals surface area contributed by atoms with E-state index < -0.39 is 6.10 Å². The molecule has 1 N–H and O–H groups in total. The average Bonchev–Trinajstić information content (AvgIpc) is 2.91. The zero-order valence-corrected chi connectivity index (χ0v) is 12.4. The first-order chi connectivity index (χ1) is 10.7. The van der Waals surface area contributed by atoms with Gasteiger partial charge in [0.05, 0.1) is 18.7 Å². The largest absolute Gasteiger partial charge is 0.363 e. The van der Waals surface area contributed by atoms with Gasteiger partial charge >= 0.3 is 6.03 Å². The summed E-state index contributed by atoms with van der Waals surface area (Å²) in [6.07, 6.45) is 3.97. The minimum atomic E-state index is -0.505. The zero-order valence-electron chi connectivity index (χ0n) is 12.4. The summed E-state index contributed by atoms with van der Waals surface area (Å²) in [7, 11) is 0. The minimum Gasteiger partial charge on any atom is -0.363 e. The van der Waals surface area contributed by atoms with Crippen molar-refractivity contribution < 1.29 is 14.3 Å². The molecule has 1 aromatic carbocycles.